The Hall–Kier alpha value is -2.92. The summed E-state index contributed by atoms with van der Waals surface area (Å²) in [5, 5.41) is 13.4. The summed E-state index contributed by atoms with van der Waals surface area (Å²) < 4.78 is 5.29. The van der Waals surface area contributed by atoms with Crippen molar-refractivity contribution in [1.29, 1.82) is 5.26 Å². The Bertz CT molecular complexity index is 1270. The van der Waals surface area contributed by atoms with Gasteiger partial charge in [0.1, 0.15) is 16.6 Å². The maximum atomic E-state index is 12.7. The average molecular weight is 426 g/mol. The number of rotatable bonds is 5. The summed E-state index contributed by atoms with van der Waals surface area (Å²) in [5.41, 5.74) is 1.44. The van der Waals surface area contributed by atoms with Crippen molar-refractivity contribution in [1.82, 2.24) is 9.97 Å². The molecule has 5 nitrogen and oxygen atoms in total. The number of aromatic amines is 1. The van der Waals surface area contributed by atoms with Crippen LogP contribution in [-0.4, -0.2) is 16.6 Å². The molecular formula is C20H12ClN3O2S2. The Morgan fingerprint density at radius 1 is 1.32 bits per heavy atom. The second kappa shape index (κ2) is 7.98. The zero-order chi connectivity index (χ0) is 19.5. The van der Waals surface area contributed by atoms with Crippen LogP contribution in [0.15, 0.2) is 52.0 Å². The van der Waals surface area contributed by atoms with E-state index in [0.29, 0.717) is 26.8 Å². The van der Waals surface area contributed by atoms with Crippen molar-refractivity contribution >= 4 is 55.6 Å². The lowest BCUT2D eigenvalue weighted by Gasteiger charge is -2.04. The number of aromatic nitrogens is 2. The first-order chi connectivity index (χ1) is 13.7. The minimum atomic E-state index is -0.220. The van der Waals surface area contributed by atoms with E-state index >= 15 is 0 Å². The summed E-state index contributed by atoms with van der Waals surface area (Å²) in [5.74, 6) is 0.873. The number of H-pyrrole nitrogens is 1. The Morgan fingerprint density at radius 3 is 3.00 bits per heavy atom. The summed E-state index contributed by atoms with van der Waals surface area (Å²) in [6.07, 6.45) is 1.69. The lowest BCUT2D eigenvalue weighted by molar-refractivity contribution is 0.368. The van der Waals surface area contributed by atoms with Gasteiger partial charge >= 0.3 is 0 Å². The maximum Gasteiger partial charge on any atom is 0.260 e. The number of fused-ring (bicyclic) bond motifs is 1. The van der Waals surface area contributed by atoms with E-state index < -0.39 is 0 Å². The zero-order valence-electron chi connectivity index (χ0n) is 14.3. The molecule has 0 spiro atoms. The van der Waals surface area contributed by atoms with Crippen LogP contribution in [0.1, 0.15) is 11.4 Å². The van der Waals surface area contributed by atoms with Crippen LogP contribution in [0.5, 0.6) is 5.75 Å². The number of nitriles is 1. The van der Waals surface area contributed by atoms with Crippen LogP contribution >= 0.6 is 34.3 Å². The Balaban J connectivity index is 1.70. The molecule has 0 saturated carbocycles. The molecule has 0 aliphatic carbocycles. The van der Waals surface area contributed by atoms with Crippen LogP contribution in [0.4, 0.5) is 0 Å². The van der Waals surface area contributed by atoms with E-state index in [0.717, 1.165) is 16.0 Å². The maximum absolute atomic E-state index is 12.7. The van der Waals surface area contributed by atoms with Gasteiger partial charge in [-0.25, -0.2) is 4.98 Å². The quantitative estimate of drug-likeness (QED) is 0.467. The lowest BCUT2D eigenvalue weighted by Crippen LogP contribution is -2.10. The minimum Gasteiger partial charge on any atom is -0.479 e. The average Bonchev–Trinajstić information content (AvgIpc) is 3.36. The highest BCUT2D eigenvalue weighted by Gasteiger charge is 2.14. The molecule has 1 aromatic carbocycles. The minimum absolute atomic E-state index is 0.0304. The molecule has 3 aromatic heterocycles. The molecule has 0 fully saturated rings. The number of halogens is 1. The Kier molecular flexibility index (Phi) is 5.26. The summed E-state index contributed by atoms with van der Waals surface area (Å²) in [6, 6.07) is 13.0. The normalized spacial score (nSPS) is 11.5. The molecule has 4 aromatic rings. The van der Waals surface area contributed by atoms with E-state index in [-0.39, 0.29) is 12.2 Å². The molecule has 0 saturated heterocycles. The largest absolute Gasteiger partial charge is 0.479 e. The van der Waals surface area contributed by atoms with Crippen LogP contribution in [0.25, 0.3) is 31.8 Å². The van der Waals surface area contributed by atoms with Gasteiger partial charge in [0.25, 0.3) is 5.56 Å². The van der Waals surface area contributed by atoms with Crippen molar-refractivity contribution in [3.05, 3.63) is 68.9 Å². The third-order valence-corrected chi connectivity index (χ3v) is 5.98. The fourth-order valence-corrected chi connectivity index (χ4v) is 4.68. The molecule has 0 atom stereocenters. The van der Waals surface area contributed by atoms with Gasteiger partial charge in [-0.3, -0.25) is 4.79 Å². The molecule has 0 radical (unpaired) electrons. The number of nitrogens with zero attached hydrogens (tertiary/aromatic N) is 2. The molecule has 0 unspecified atom stereocenters. The number of hydrogen-bond acceptors (Lipinski definition) is 6. The van der Waals surface area contributed by atoms with Gasteiger partial charge in [-0.2, -0.15) is 5.26 Å². The molecule has 0 amide bonds. The highest BCUT2D eigenvalue weighted by molar-refractivity contribution is 7.18. The van der Waals surface area contributed by atoms with E-state index in [1.165, 1.54) is 11.3 Å². The smallest absolute Gasteiger partial charge is 0.260 e. The summed E-state index contributed by atoms with van der Waals surface area (Å²) in [6.45, 7) is -0.0304. The number of nitrogens with one attached hydrogen (secondary N) is 1. The Morgan fingerprint density at radius 2 is 2.21 bits per heavy atom. The topological polar surface area (TPSA) is 78.8 Å². The predicted molar refractivity (Wildman–Crippen MR) is 115 cm³/mol. The van der Waals surface area contributed by atoms with E-state index in [1.807, 2.05) is 35.0 Å². The first-order valence-electron chi connectivity index (χ1n) is 8.18. The molecule has 4 rings (SSSR count). The molecule has 0 aliphatic heterocycles. The van der Waals surface area contributed by atoms with Gasteiger partial charge in [0.2, 0.25) is 0 Å². The van der Waals surface area contributed by atoms with Crippen molar-refractivity contribution in [2.24, 2.45) is 0 Å². The number of benzene rings is 1. The third kappa shape index (κ3) is 3.71. The first-order valence-corrected chi connectivity index (χ1v) is 10.3. The van der Waals surface area contributed by atoms with Gasteiger partial charge in [-0.15, -0.1) is 22.7 Å². The van der Waals surface area contributed by atoms with Crippen molar-refractivity contribution in [2.45, 2.75) is 0 Å². The van der Waals surface area contributed by atoms with Crippen molar-refractivity contribution in [3.8, 4) is 22.3 Å². The zero-order valence-corrected chi connectivity index (χ0v) is 16.7. The van der Waals surface area contributed by atoms with Gasteiger partial charge in [0.15, 0.2) is 12.4 Å². The van der Waals surface area contributed by atoms with Crippen LogP contribution in [0.3, 0.4) is 0 Å². The highest BCUT2D eigenvalue weighted by atomic mass is 35.5. The molecule has 0 bridgehead atoms. The molecule has 1 N–H and O–H groups in total. The fourth-order valence-electron chi connectivity index (χ4n) is 2.70. The molecule has 138 valence electrons. The lowest BCUT2D eigenvalue weighted by atomic mass is 10.2. The van der Waals surface area contributed by atoms with Crippen molar-refractivity contribution in [2.75, 3.05) is 6.61 Å². The van der Waals surface area contributed by atoms with Gasteiger partial charge < -0.3 is 9.72 Å². The molecular weight excluding hydrogens is 414 g/mol. The number of ether oxygens (including phenoxy) is 1. The number of hydrogen-bond donors (Lipinski definition) is 1. The van der Waals surface area contributed by atoms with Crippen LogP contribution in [-0.2, 0) is 0 Å². The number of thiophene rings is 2. The third-order valence-electron chi connectivity index (χ3n) is 3.91. The van der Waals surface area contributed by atoms with E-state index in [4.69, 9.17) is 21.6 Å². The second-order valence-corrected chi connectivity index (χ2v) is 7.95. The van der Waals surface area contributed by atoms with E-state index in [9.17, 15) is 4.79 Å². The second-order valence-electron chi connectivity index (χ2n) is 5.73. The Labute approximate surface area is 173 Å². The molecule has 28 heavy (non-hydrogen) atoms. The van der Waals surface area contributed by atoms with Gasteiger partial charge in [0, 0.05) is 15.8 Å². The molecule has 8 heteroatoms. The van der Waals surface area contributed by atoms with Crippen molar-refractivity contribution in [3.63, 3.8) is 0 Å². The summed E-state index contributed by atoms with van der Waals surface area (Å²) in [4.78, 5) is 21.7. The summed E-state index contributed by atoms with van der Waals surface area (Å²) in [7, 11) is 0. The predicted octanol–water partition coefficient (Wildman–Crippen LogP) is 5.35. The van der Waals surface area contributed by atoms with E-state index in [1.54, 1.807) is 35.6 Å². The standard InChI is InChI=1S/C20H12ClN3O2S2/c21-15(10-12-3-1-4-13(9-12)26-7-6-22)18-23-19(25)17-14(11-28-20(17)24-18)16-5-2-8-27-16/h1-5,8-11H,7H2,(H,23,24,25)/b15-10+. The van der Waals surface area contributed by atoms with Crippen molar-refractivity contribution < 1.29 is 4.74 Å². The first kappa shape index (κ1) is 18.4. The van der Waals surface area contributed by atoms with Crippen LogP contribution in [0.2, 0.25) is 0 Å². The fraction of sp³-hybridized carbons (Fsp3) is 0.0500. The monoisotopic (exact) mass is 425 g/mol. The molecule has 0 aliphatic rings. The van der Waals surface area contributed by atoms with Gasteiger partial charge in [-0.1, -0.05) is 29.8 Å². The van der Waals surface area contributed by atoms with Crippen LogP contribution in [0, 0.1) is 11.3 Å². The van der Waals surface area contributed by atoms with Crippen LogP contribution < -0.4 is 10.3 Å². The SMILES string of the molecule is N#CCOc1cccc(/C=C(/Cl)c2nc3scc(-c4cccs4)c3c(=O)[nH]2)c1. The van der Waals surface area contributed by atoms with Gasteiger partial charge in [0.05, 0.1) is 10.4 Å². The highest BCUT2D eigenvalue weighted by Crippen LogP contribution is 2.34. The summed E-state index contributed by atoms with van der Waals surface area (Å²) >= 11 is 9.41. The van der Waals surface area contributed by atoms with E-state index in [2.05, 4.69) is 9.97 Å². The molecule has 3 heterocycles. The van der Waals surface area contributed by atoms with Gasteiger partial charge in [-0.05, 0) is 35.2 Å².